The second kappa shape index (κ2) is 9.78. The molecule has 196 valence electrons. The van der Waals surface area contributed by atoms with Crippen LogP contribution in [-0.4, -0.2) is 43.5 Å². The number of benzene rings is 1. The molecule has 1 saturated heterocycles. The molecule has 0 radical (unpaired) electrons. The Bertz CT molecular complexity index is 1300. The largest absolute Gasteiger partial charge is 0.388 e. The van der Waals surface area contributed by atoms with Crippen LogP contribution < -0.4 is 16.2 Å². The number of rotatable bonds is 5. The van der Waals surface area contributed by atoms with Gasteiger partial charge in [0.1, 0.15) is 5.82 Å². The number of aryl methyl sites for hydroxylation is 1. The molecule has 3 fully saturated rings. The number of hydrogen-bond donors (Lipinski definition) is 4. The molecule has 6 atom stereocenters. The third kappa shape index (κ3) is 5.00. The molecule has 8 nitrogen and oxygen atoms in total. The molecule has 0 spiro atoms. The summed E-state index contributed by atoms with van der Waals surface area (Å²) in [6.07, 6.45) is 8.92. The predicted octanol–water partition coefficient (Wildman–Crippen LogP) is 3.30. The fourth-order valence-corrected chi connectivity index (χ4v) is 6.75. The molecule has 2 saturated carbocycles. The molecule has 1 amide bonds. The minimum atomic E-state index is -0.990. The smallest absolute Gasteiger partial charge is 0.223 e. The Labute approximate surface area is 216 Å². The summed E-state index contributed by atoms with van der Waals surface area (Å²) in [6.45, 7) is 2.28. The molecule has 3 aliphatic rings. The molecule has 2 aromatic heterocycles. The van der Waals surface area contributed by atoms with E-state index < -0.39 is 5.60 Å². The average Bonchev–Trinajstić information content (AvgIpc) is 3.48. The van der Waals surface area contributed by atoms with Crippen LogP contribution in [0.4, 0.5) is 4.39 Å². The molecular formula is C28H35FN6O2. The second-order valence-electron chi connectivity index (χ2n) is 11.3. The van der Waals surface area contributed by atoms with Gasteiger partial charge in [-0.05, 0) is 87.6 Å². The van der Waals surface area contributed by atoms with Gasteiger partial charge in [0.2, 0.25) is 5.91 Å². The maximum absolute atomic E-state index is 14.1. The number of halogens is 1. The van der Waals surface area contributed by atoms with Crippen molar-refractivity contribution < 1.29 is 14.3 Å². The van der Waals surface area contributed by atoms with Gasteiger partial charge in [-0.1, -0.05) is 6.07 Å². The lowest BCUT2D eigenvalue weighted by atomic mass is 9.74. The van der Waals surface area contributed by atoms with Gasteiger partial charge in [-0.25, -0.2) is 9.82 Å². The molecule has 1 aliphatic heterocycles. The number of aliphatic hydroxyl groups is 1. The summed E-state index contributed by atoms with van der Waals surface area (Å²) in [5.41, 5.74) is 8.69. The Morgan fingerprint density at radius 1 is 1.27 bits per heavy atom. The van der Waals surface area contributed by atoms with Gasteiger partial charge in [0.15, 0.2) is 0 Å². The molecule has 3 heterocycles. The maximum Gasteiger partial charge on any atom is 0.223 e. The van der Waals surface area contributed by atoms with Gasteiger partial charge < -0.3 is 10.4 Å². The highest BCUT2D eigenvalue weighted by atomic mass is 19.1. The lowest BCUT2D eigenvalue weighted by molar-refractivity contribution is -0.128. The lowest BCUT2D eigenvalue weighted by Crippen LogP contribution is -2.50. The molecule has 2 aliphatic carbocycles. The zero-order chi connectivity index (χ0) is 25.6. The van der Waals surface area contributed by atoms with Gasteiger partial charge in [-0.2, -0.15) is 5.10 Å². The summed E-state index contributed by atoms with van der Waals surface area (Å²) in [7, 11) is 0. The van der Waals surface area contributed by atoms with E-state index in [0.29, 0.717) is 35.7 Å². The van der Waals surface area contributed by atoms with Gasteiger partial charge in [-0.3, -0.25) is 19.9 Å². The molecule has 4 unspecified atom stereocenters. The van der Waals surface area contributed by atoms with Gasteiger partial charge in [-0.15, -0.1) is 0 Å². The molecule has 9 heteroatoms. The van der Waals surface area contributed by atoms with Crippen molar-refractivity contribution in [2.24, 2.45) is 11.8 Å². The van der Waals surface area contributed by atoms with E-state index in [-0.39, 0.29) is 36.3 Å². The van der Waals surface area contributed by atoms with Crippen LogP contribution in [-0.2, 0) is 11.3 Å². The zero-order valence-corrected chi connectivity index (χ0v) is 21.2. The third-order valence-corrected chi connectivity index (χ3v) is 8.57. The Hall–Kier alpha value is -2.88. The summed E-state index contributed by atoms with van der Waals surface area (Å²) < 4.78 is 15.7. The molecule has 0 bridgehead atoms. The van der Waals surface area contributed by atoms with Crippen molar-refractivity contribution in [3.63, 3.8) is 0 Å². The van der Waals surface area contributed by atoms with Gasteiger partial charge >= 0.3 is 0 Å². The van der Waals surface area contributed by atoms with Crippen LogP contribution >= 0.6 is 0 Å². The molecule has 3 aromatic rings. The van der Waals surface area contributed by atoms with Crippen molar-refractivity contribution in [3.8, 4) is 0 Å². The fourth-order valence-electron chi connectivity index (χ4n) is 6.75. The van der Waals surface area contributed by atoms with Crippen molar-refractivity contribution in [1.29, 1.82) is 0 Å². The Morgan fingerprint density at radius 2 is 2.16 bits per heavy atom. The number of aromatic nitrogens is 3. The summed E-state index contributed by atoms with van der Waals surface area (Å²) in [5, 5.41) is 19.6. The van der Waals surface area contributed by atoms with Crippen LogP contribution in [0.1, 0.15) is 62.2 Å². The van der Waals surface area contributed by atoms with Crippen LogP contribution in [0.25, 0.3) is 10.9 Å². The summed E-state index contributed by atoms with van der Waals surface area (Å²) in [4.78, 5) is 17.7. The third-order valence-electron chi connectivity index (χ3n) is 8.57. The first-order valence-electron chi connectivity index (χ1n) is 13.4. The minimum absolute atomic E-state index is 0.0391. The Balaban J connectivity index is 1.09. The van der Waals surface area contributed by atoms with E-state index in [9.17, 15) is 14.3 Å². The first-order chi connectivity index (χ1) is 17.9. The van der Waals surface area contributed by atoms with Crippen LogP contribution in [0.15, 0.2) is 42.7 Å². The van der Waals surface area contributed by atoms with Crippen molar-refractivity contribution in [3.05, 3.63) is 59.8 Å². The molecule has 1 aromatic carbocycles. The fraction of sp³-hybridized carbons (Fsp3) is 0.536. The first kappa shape index (κ1) is 24.5. The van der Waals surface area contributed by atoms with Crippen molar-refractivity contribution in [1.82, 2.24) is 30.9 Å². The van der Waals surface area contributed by atoms with E-state index in [2.05, 4.69) is 38.4 Å². The summed E-state index contributed by atoms with van der Waals surface area (Å²) in [6, 6.07) is 9.44. The number of carbonyl (C=O) groups is 1. The Morgan fingerprint density at radius 3 is 3.00 bits per heavy atom. The quantitative estimate of drug-likeness (QED) is 0.423. The number of hydrazine groups is 1. The number of fused-ring (bicyclic) bond motifs is 2. The summed E-state index contributed by atoms with van der Waals surface area (Å²) >= 11 is 0. The highest BCUT2D eigenvalue weighted by Crippen LogP contribution is 2.41. The van der Waals surface area contributed by atoms with Crippen molar-refractivity contribution >= 4 is 16.8 Å². The van der Waals surface area contributed by atoms with Crippen LogP contribution in [0.2, 0.25) is 0 Å². The minimum Gasteiger partial charge on any atom is -0.388 e. The first-order valence-corrected chi connectivity index (χ1v) is 13.4. The number of hydrogen-bond acceptors (Lipinski definition) is 6. The van der Waals surface area contributed by atoms with E-state index in [1.807, 2.05) is 13.1 Å². The van der Waals surface area contributed by atoms with Crippen molar-refractivity contribution in [2.45, 2.75) is 82.1 Å². The molecular weight excluding hydrogens is 471 g/mol. The molecule has 6 rings (SSSR count). The van der Waals surface area contributed by atoms with E-state index in [0.717, 1.165) is 37.8 Å². The second-order valence-corrected chi connectivity index (χ2v) is 11.3. The molecule has 37 heavy (non-hydrogen) atoms. The van der Waals surface area contributed by atoms with E-state index in [4.69, 9.17) is 0 Å². The SMILES string of the molecule is Cc1cc(C2NNC3CCC(C(=O)N[C@H]4CCC[C@@](O)(Cn5cc6c(F)cccc6n5)C4)CC32)ccn1. The topological polar surface area (TPSA) is 104 Å². The summed E-state index contributed by atoms with van der Waals surface area (Å²) in [5.74, 6) is 0.0797. The predicted molar refractivity (Wildman–Crippen MR) is 138 cm³/mol. The average molecular weight is 507 g/mol. The molecule has 4 N–H and O–H groups in total. The zero-order valence-electron chi connectivity index (χ0n) is 21.2. The number of carbonyl (C=O) groups excluding carboxylic acids is 1. The highest BCUT2D eigenvalue weighted by molar-refractivity contribution is 5.79. The number of amides is 1. The number of nitrogens with zero attached hydrogens (tertiary/aromatic N) is 3. The van der Waals surface area contributed by atoms with Gasteiger partial charge in [0.25, 0.3) is 0 Å². The van der Waals surface area contributed by atoms with Crippen LogP contribution in [0.3, 0.4) is 0 Å². The lowest BCUT2D eigenvalue weighted by Gasteiger charge is -2.38. The van der Waals surface area contributed by atoms with E-state index in [1.165, 1.54) is 11.6 Å². The standard InChI is InChI=1S/C28H35FN6O2/c1-17-12-18(9-11-30-17)26-21-13-19(7-8-24(21)32-33-26)27(36)31-20-4-3-10-28(37,14-20)16-35-15-22-23(29)5-2-6-25(22)34-35/h2,5-6,9,11-12,15,19-21,24,26,32-33,37H,3-4,7-8,10,13-14,16H2,1H3,(H,31,36)/t19?,20-,21?,24?,26?,28-/m0/s1. The van der Waals surface area contributed by atoms with Gasteiger partial charge in [0, 0.05) is 36.1 Å². The van der Waals surface area contributed by atoms with Crippen molar-refractivity contribution in [2.75, 3.05) is 0 Å². The Kier molecular flexibility index (Phi) is 6.46. The normalized spacial score (nSPS) is 31.8. The van der Waals surface area contributed by atoms with Crippen LogP contribution in [0.5, 0.6) is 0 Å². The maximum atomic E-state index is 14.1. The number of pyridine rings is 1. The van der Waals surface area contributed by atoms with Gasteiger partial charge in [0.05, 0.1) is 29.1 Å². The van der Waals surface area contributed by atoms with Crippen LogP contribution in [0, 0.1) is 24.6 Å². The number of nitrogens with one attached hydrogen (secondary N) is 3. The highest BCUT2D eigenvalue weighted by Gasteiger charge is 2.43. The van der Waals surface area contributed by atoms with E-state index >= 15 is 0 Å². The monoisotopic (exact) mass is 506 g/mol. The van der Waals surface area contributed by atoms with E-state index in [1.54, 1.807) is 23.0 Å².